The first kappa shape index (κ1) is 26.1. The molecule has 1 aliphatic rings. The molecule has 1 saturated heterocycles. The van der Waals surface area contributed by atoms with Crippen molar-refractivity contribution in [2.75, 3.05) is 16.7 Å². The van der Waals surface area contributed by atoms with Gasteiger partial charge in [0, 0.05) is 29.7 Å². The number of nitrogens with zero attached hydrogens (tertiary/aromatic N) is 1. The van der Waals surface area contributed by atoms with Crippen molar-refractivity contribution >= 4 is 39.0 Å². The zero-order chi connectivity index (χ0) is 27.0. The molecule has 37 heavy (non-hydrogen) atoms. The number of methoxy groups -OCH3 is 1. The highest BCUT2D eigenvalue weighted by Gasteiger charge is 2.33. The van der Waals surface area contributed by atoms with Gasteiger partial charge in [-0.2, -0.15) is 0 Å². The normalized spacial score (nSPS) is 14.1. The van der Waals surface area contributed by atoms with Gasteiger partial charge in [-0.05, 0) is 41.3 Å². The highest BCUT2D eigenvalue weighted by Crippen LogP contribution is 2.34. The largest absolute Gasteiger partial charge is 0.495 e. The Morgan fingerprint density at radius 3 is 2.14 bits per heavy atom. The van der Waals surface area contributed by atoms with Gasteiger partial charge >= 0.3 is 0 Å². The summed E-state index contributed by atoms with van der Waals surface area (Å²) in [7, 11) is -2.75. The van der Waals surface area contributed by atoms with Crippen LogP contribution in [0.2, 0.25) is 0 Å². The Morgan fingerprint density at radius 2 is 1.54 bits per heavy atom. The number of imide groups is 1. The first-order chi connectivity index (χ1) is 17.4. The van der Waals surface area contributed by atoms with Crippen molar-refractivity contribution in [3.63, 3.8) is 0 Å². The van der Waals surface area contributed by atoms with E-state index in [0.717, 1.165) is 10.5 Å². The molecule has 1 fully saturated rings. The van der Waals surface area contributed by atoms with E-state index in [2.05, 4.69) is 25.5 Å². The minimum Gasteiger partial charge on any atom is -0.495 e. The molecule has 9 heteroatoms. The van der Waals surface area contributed by atoms with Gasteiger partial charge in [-0.3, -0.25) is 19.1 Å². The second-order valence-electron chi connectivity index (χ2n) is 9.80. The van der Waals surface area contributed by atoms with Gasteiger partial charge in [-0.1, -0.05) is 57.2 Å². The van der Waals surface area contributed by atoms with E-state index in [9.17, 15) is 22.8 Å². The quantitative estimate of drug-likeness (QED) is 0.358. The lowest BCUT2D eigenvalue weighted by Crippen LogP contribution is -2.29. The number of amides is 2. The van der Waals surface area contributed by atoms with Gasteiger partial charge in [0.15, 0.2) is 5.78 Å². The number of anilines is 2. The maximum Gasteiger partial charge on any atom is 0.261 e. The second-order valence-corrected chi connectivity index (χ2v) is 11.5. The standard InChI is InChI=1S/C28H28N2O6S/c1-28(2,3)20-10-8-18(9-11-20)27(33)19-6-5-7-21(16-19)29-37(34,35)22-12-13-24(36-4)23(17-22)30-25(31)14-15-26(30)32/h5-13,16-17,29H,14-15H2,1-4H3. The molecule has 0 unspecified atom stereocenters. The van der Waals surface area contributed by atoms with Gasteiger partial charge in [0.05, 0.1) is 17.7 Å². The average molecular weight is 521 g/mol. The molecule has 0 aromatic heterocycles. The van der Waals surface area contributed by atoms with E-state index in [0.29, 0.717) is 11.1 Å². The summed E-state index contributed by atoms with van der Waals surface area (Å²) in [6.07, 6.45) is 0.105. The SMILES string of the molecule is COc1ccc(S(=O)(=O)Nc2cccc(C(=O)c3ccc(C(C)(C)C)cc3)c2)cc1N1C(=O)CCC1=O. The zero-order valence-electron chi connectivity index (χ0n) is 21.1. The third-order valence-corrected chi connectivity index (χ3v) is 7.52. The Balaban J connectivity index is 1.61. The van der Waals surface area contributed by atoms with Crippen molar-refractivity contribution in [1.29, 1.82) is 0 Å². The van der Waals surface area contributed by atoms with Crippen molar-refractivity contribution in [3.8, 4) is 5.75 Å². The van der Waals surface area contributed by atoms with Crippen LogP contribution >= 0.6 is 0 Å². The summed E-state index contributed by atoms with van der Waals surface area (Å²) in [5.74, 6) is -0.882. The number of nitrogens with one attached hydrogen (secondary N) is 1. The molecule has 1 N–H and O–H groups in total. The third kappa shape index (κ3) is 5.41. The van der Waals surface area contributed by atoms with E-state index < -0.39 is 21.8 Å². The summed E-state index contributed by atoms with van der Waals surface area (Å²) < 4.78 is 34.1. The number of ether oxygens (including phenoxy) is 1. The van der Waals surface area contributed by atoms with Crippen LogP contribution in [0, 0.1) is 0 Å². The van der Waals surface area contributed by atoms with E-state index in [1.807, 2.05) is 12.1 Å². The molecule has 3 aromatic rings. The van der Waals surface area contributed by atoms with Gasteiger partial charge in [0.1, 0.15) is 5.75 Å². The number of sulfonamides is 1. The molecule has 2 amide bonds. The van der Waals surface area contributed by atoms with Crippen molar-refractivity contribution in [1.82, 2.24) is 0 Å². The number of carbonyl (C=O) groups excluding carboxylic acids is 3. The van der Waals surface area contributed by atoms with E-state index in [1.165, 1.54) is 37.4 Å². The minimum absolute atomic E-state index is 0.0452. The molecule has 3 aromatic carbocycles. The first-order valence-corrected chi connectivity index (χ1v) is 13.2. The monoisotopic (exact) mass is 520 g/mol. The molecule has 0 atom stereocenters. The van der Waals surface area contributed by atoms with Crippen LogP contribution in [-0.4, -0.2) is 33.1 Å². The summed E-state index contributed by atoms with van der Waals surface area (Å²) in [6, 6.07) is 17.5. The number of carbonyl (C=O) groups is 3. The van der Waals surface area contributed by atoms with Gasteiger partial charge in [-0.15, -0.1) is 0 Å². The van der Waals surface area contributed by atoms with Crippen molar-refractivity contribution in [2.24, 2.45) is 0 Å². The number of ketones is 1. The van der Waals surface area contributed by atoms with Crippen LogP contribution in [0.25, 0.3) is 0 Å². The van der Waals surface area contributed by atoms with Crippen molar-refractivity contribution < 1.29 is 27.5 Å². The topological polar surface area (TPSA) is 110 Å². The first-order valence-electron chi connectivity index (χ1n) is 11.7. The van der Waals surface area contributed by atoms with Gasteiger partial charge in [-0.25, -0.2) is 13.3 Å². The molecular weight excluding hydrogens is 492 g/mol. The molecule has 0 spiro atoms. The maximum atomic E-state index is 13.2. The Labute approximate surface area is 216 Å². The predicted octanol–water partition coefficient (Wildman–Crippen LogP) is 4.68. The van der Waals surface area contributed by atoms with Crippen LogP contribution in [-0.2, 0) is 25.0 Å². The summed E-state index contributed by atoms with van der Waals surface area (Å²) in [4.78, 5) is 38.3. The van der Waals surface area contributed by atoms with Gasteiger partial charge < -0.3 is 4.74 Å². The van der Waals surface area contributed by atoms with Crippen LogP contribution in [0.5, 0.6) is 5.75 Å². The number of rotatable bonds is 7. The summed E-state index contributed by atoms with van der Waals surface area (Å²) in [6.45, 7) is 6.27. The predicted molar refractivity (Wildman–Crippen MR) is 141 cm³/mol. The van der Waals surface area contributed by atoms with Crippen molar-refractivity contribution in [2.45, 2.75) is 43.9 Å². The van der Waals surface area contributed by atoms with Crippen LogP contribution in [0.4, 0.5) is 11.4 Å². The Bertz CT molecular complexity index is 1470. The molecular formula is C28H28N2O6S. The molecule has 4 rings (SSSR count). The molecule has 0 aliphatic carbocycles. The van der Waals surface area contributed by atoms with Gasteiger partial charge in [0.2, 0.25) is 11.8 Å². The molecule has 0 radical (unpaired) electrons. The lowest BCUT2D eigenvalue weighted by molar-refractivity contribution is -0.121. The summed E-state index contributed by atoms with van der Waals surface area (Å²) >= 11 is 0. The van der Waals surface area contributed by atoms with Crippen LogP contribution in [0.1, 0.15) is 55.1 Å². The van der Waals surface area contributed by atoms with Gasteiger partial charge in [0.25, 0.3) is 10.0 Å². The molecule has 1 aliphatic heterocycles. The highest BCUT2D eigenvalue weighted by molar-refractivity contribution is 7.92. The molecule has 0 saturated carbocycles. The number of benzene rings is 3. The fourth-order valence-electron chi connectivity index (χ4n) is 4.08. The summed E-state index contributed by atoms with van der Waals surface area (Å²) in [5.41, 5.74) is 2.14. The van der Waals surface area contributed by atoms with Crippen LogP contribution in [0.3, 0.4) is 0 Å². The number of hydrogen-bond acceptors (Lipinski definition) is 6. The van der Waals surface area contributed by atoms with E-state index in [-0.39, 0.29) is 46.1 Å². The fraction of sp³-hybridized carbons (Fsp3) is 0.250. The summed E-state index contributed by atoms with van der Waals surface area (Å²) in [5, 5.41) is 0. The minimum atomic E-state index is -4.12. The van der Waals surface area contributed by atoms with E-state index in [1.54, 1.807) is 24.3 Å². The molecule has 8 nitrogen and oxygen atoms in total. The molecule has 1 heterocycles. The fourth-order valence-corrected chi connectivity index (χ4v) is 5.15. The second kappa shape index (κ2) is 9.82. The van der Waals surface area contributed by atoms with Crippen LogP contribution in [0.15, 0.2) is 71.6 Å². The lowest BCUT2D eigenvalue weighted by atomic mass is 9.86. The number of hydrogen-bond donors (Lipinski definition) is 1. The Morgan fingerprint density at radius 1 is 0.892 bits per heavy atom. The maximum absolute atomic E-state index is 13.2. The zero-order valence-corrected chi connectivity index (χ0v) is 21.9. The highest BCUT2D eigenvalue weighted by atomic mass is 32.2. The smallest absolute Gasteiger partial charge is 0.261 e. The Hall–Kier alpha value is -3.98. The Kier molecular flexibility index (Phi) is 6.92. The average Bonchev–Trinajstić information content (AvgIpc) is 3.20. The van der Waals surface area contributed by atoms with Crippen molar-refractivity contribution in [3.05, 3.63) is 83.4 Å². The van der Waals surface area contributed by atoms with Crippen LogP contribution < -0.4 is 14.4 Å². The lowest BCUT2D eigenvalue weighted by Gasteiger charge is -2.19. The van der Waals surface area contributed by atoms with E-state index in [4.69, 9.17) is 4.74 Å². The third-order valence-electron chi connectivity index (χ3n) is 6.14. The molecule has 0 bridgehead atoms. The molecule has 192 valence electrons. The van der Waals surface area contributed by atoms with E-state index >= 15 is 0 Å².